The Labute approximate surface area is 107 Å². The first kappa shape index (κ1) is 13.8. The first-order chi connectivity index (χ1) is 7.50. The molecular formula is C12H17Cl2NO. The molecule has 0 heterocycles. The van der Waals surface area contributed by atoms with E-state index >= 15 is 0 Å². The van der Waals surface area contributed by atoms with Crippen molar-refractivity contribution >= 4 is 23.2 Å². The van der Waals surface area contributed by atoms with E-state index in [1.54, 1.807) is 6.07 Å². The fraction of sp³-hybridized carbons (Fsp3) is 0.500. The third-order valence-corrected chi connectivity index (χ3v) is 3.44. The first-order valence-corrected chi connectivity index (χ1v) is 6.06. The van der Waals surface area contributed by atoms with Crippen LogP contribution in [0.2, 0.25) is 10.0 Å². The summed E-state index contributed by atoms with van der Waals surface area (Å²) in [6.45, 7) is 4.75. The summed E-state index contributed by atoms with van der Waals surface area (Å²) in [7, 11) is 0. The molecule has 0 aromatic heterocycles. The van der Waals surface area contributed by atoms with E-state index in [0.717, 1.165) is 12.0 Å². The highest BCUT2D eigenvalue weighted by molar-refractivity contribution is 6.35. The number of rotatable bonds is 5. The minimum absolute atomic E-state index is 0.106. The first-order valence-electron chi connectivity index (χ1n) is 5.30. The van der Waals surface area contributed by atoms with Crippen LogP contribution in [0, 0.1) is 0 Å². The van der Waals surface area contributed by atoms with E-state index < -0.39 is 0 Å². The third-order valence-electron chi connectivity index (χ3n) is 2.85. The summed E-state index contributed by atoms with van der Waals surface area (Å²) in [5, 5.41) is 13.8. The van der Waals surface area contributed by atoms with Gasteiger partial charge in [-0.15, -0.1) is 0 Å². The molecule has 1 unspecified atom stereocenters. The van der Waals surface area contributed by atoms with Gasteiger partial charge < -0.3 is 10.4 Å². The molecule has 0 radical (unpaired) electrons. The third kappa shape index (κ3) is 3.63. The average Bonchev–Trinajstić information content (AvgIpc) is 2.27. The Bertz CT molecular complexity index is 351. The average molecular weight is 262 g/mol. The monoisotopic (exact) mass is 261 g/mol. The molecular weight excluding hydrogens is 245 g/mol. The zero-order valence-corrected chi connectivity index (χ0v) is 11.1. The van der Waals surface area contributed by atoms with Gasteiger partial charge in [0.2, 0.25) is 0 Å². The number of nitrogens with one attached hydrogen (secondary N) is 1. The van der Waals surface area contributed by atoms with E-state index in [-0.39, 0.29) is 12.1 Å². The molecule has 0 bridgehead atoms. The van der Waals surface area contributed by atoms with Gasteiger partial charge in [0.15, 0.2) is 0 Å². The van der Waals surface area contributed by atoms with Crippen molar-refractivity contribution in [2.75, 3.05) is 6.61 Å². The number of hydrogen-bond acceptors (Lipinski definition) is 2. The Morgan fingerprint density at radius 1 is 1.38 bits per heavy atom. The molecule has 0 aliphatic rings. The van der Waals surface area contributed by atoms with Crippen LogP contribution in [0.25, 0.3) is 0 Å². The predicted molar refractivity (Wildman–Crippen MR) is 69.1 cm³/mol. The normalized spacial score (nSPS) is 14.8. The molecule has 0 saturated heterocycles. The Hall–Kier alpha value is -0.280. The summed E-state index contributed by atoms with van der Waals surface area (Å²) in [4.78, 5) is 0. The van der Waals surface area contributed by atoms with Gasteiger partial charge in [0.05, 0.1) is 6.61 Å². The topological polar surface area (TPSA) is 32.3 Å². The quantitative estimate of drug-likeness (QED) is 0.853. The predicted octanol–water partition coefficient (Wildman–Crippen LogP) is 3.24. The zero-order valence-electron chi connectivity index (χ0n) is 9.56. The van der Waals surface area contributed by atoms with Crippen molar-refractivity contribution in [2.45, 2.75) is 32.4 Å². The highest BCUT2D eigenvalue weighted by Gasteiger charge is 2.19. The summed E-state index contributed by atoms with van der Waals surface area (Å²) in [5.41, 5.74) is 0.724. The Morgan fingerprint density at radius 2 is 2.06 bits per heavy atom. The second kappa shape index (κ2) is 5.87. The number of aliphatic hydroxyl groups excluding tert-OH is 1. The molecule has 0 aliphatic heterocycles. The minimum Gasteiger partial charge on any atom is -0.394 e. The lowest BCUT2D eigenvalue weighted by atomic mass is 10.00. The van der Waals surface area contributed by atoms with E-state index in [1.807, 2.05) is 26.0 Å². The van der Waals surface area contributed by atoms with Crippen LogP contribution in [0.5, 0.6) is 0 Å². The second-order valence-corrected chi connectivity index (χ2v) is 5.01. The summed E-state index contributed by atoms with van der Waals surface area (Å²) in [5.74, 6) is 0. The molecule has 0 fully saturated rings. The molecule has 90 valence electrons. The lowest BCUT2D eigenvalue weighted by Gasteiger charge is -2.27. The van der Waals surface area contributed by atoms with Crippen LogP contribution in [-0.2, 0) is 6.54 Å². The summed E-state index contributed by atoms with van der Waals surface area (Å²) in [6.07, 6.45) is 0.856. The van der Waals surface area contributed by atoms with Gasteiger partial charge in [-0.1, -0.05) is 36.2 Å². The van der Waals surface area contributed by atoms with Crippen LogP contribution < -0.4 is 5.32 Å². The second-order valence-electron chi connectivity index (χ2n) is 4.16. The number of halogens is 2. The zero-order chi connectivity index (χ0) is 12.2. The van der Waals surface area contributed by atoms with Crippen molar-refractivity contribution in [3.63, 3.8) is 0 Å². The van der Waals surface area contributed by atoms with Crippen LogP contribution in [0.15, 0.2) is 18.2 Å². The van der Waals surface area contributed by atoms with Gasteiger partial charge >= 0.3 is 0 Å². The molecule has 0 spiro atoms. The highest BCUT2D eigenvalue weighted by atomic mass is 35.5. The van der Waals surface area contributed by atoms with Gasteiger partial charge in [0, 0.05) is 22.1 Å². The standard InChI is InChI=1S/C12H17Cl2NO/c1-3-12(2,8-16)15-7-9-4-5-10(13)6-11(9)14/h4-6,15-16H,3,7-8H2,1-2H3. The van der Waals surface area contributed by atoms with E-state index in [2.05, 4.69) is 5.32 Å². The Morgan fingerprint density at radius 3 is 2.56 bits per heavy atom. The molecule has 0 aliphatic carbocycles. The van der Waals surface area contributed by atoms with Crippen molar-refractivity contribution in [1.29, 1.82) is 0 Å². The van der Waals surface area contributed by atoms with Crippen LogP contribution in [-0.4, -0.2) is 17.3 Å². The SMILES string of the molecule is CCC(C)(CO)NCc1ccc(Cl)cc1Cl. The van der Waals surface area contributed by atoms with Crippen LogP contribution in [0.1, 0.15) is 25.8 Å². The van der Waals surface area contributed by atoms with E-state index in [4.69, 9.17) is 23.2 Å². The maximum atomic E-state index is 9.26. The van der Waals surface area contributed by atoms with Gasteiger partial charge in [-0.25, -0.2) is 0 Å². The fourth-order valence-corrected chi connectivity index (χ4v) is 1.74. The summed E-state index contributed by atoms with van der Waals surface area (Å²) >= 11 is 11.9. The van der Waals surface area contributed by atoms with Gasteiger partial charge in [0.25, 0.3) is 0 Å². The molecule has 1 rings (SSSR count). The molecule has 1 atom stereocenters. The van der Waals surface area contributed by atoms with Crippen LogP contribution >= 0.6 is 23.2 Å². The molecule has 1 aromatic rings. The maximum Gasteiger partial charge on any atom is 0.0610 e. The van der Waals surface area contributed by atoms with E-state index in [1.165, 1.54) is 0 Å². The molecule has 0 saturated carbocycles. The lowest BCUT2D eigenvalue weighted by molar-refractivity contribution is 0.169. The fourth-order valence-electron chi connectivity index (χ4n) is 1.27. The van der Waals surface area contributed by atoms with E-state index in [0.29, 0.717) is 16.6 Å². The molecule has 2 N–H and O–H groups in total. The van der Waals surface area contributed by atoms with Crippen LogP contribution in [0.4, 0.5) is 0 Å². The van der Waals surface area contributed by atoms with Crippen molar-refractivity contribution in [3.05, 3.63) is 33.8 Å². The minimum atomic E-state index is -0.261. The number of hydrogen-bond donors (Lipinski definition) is 2. The van der Waals surface area contributed by atoms with Crippen molar-refractivity contribution in [2.24, 2.45) is 0 Å². The van der Waals surface area contributed by atoms with Crippen molar-refractivity contribution in [3.8, 4) is 0 Å². The number of aliphatic hydroxyl groups is 1. The molecule has 16 heavy (non-hydrogen) atoms. The Balaban J connectivity index is 2.67. The largest absolute Gasteiger partial charge is 0.394 e. The Kier molecular flexibility index (Phi) is 5.06. The maximum absolute atomic E-state index is 9.26. The van der Waals surface area contributed by atoms with Crippen molar-refractivity contribution in [1.82, 2.24) is 5.32 Å². The smallest absolute Gasteiger partial charge is 0.0610 e. The summed E-state index contributed by atoms with van der Waals surface area (Å²) < 4.78 is 0. The molecule has 2 nitrogen and oxygen atoms in total. The molecule has 1 aromatic carbocycles. The number of benzene rings is 1. The van der Waals surface area contributed by atoms with Gasteiger partial charge in [-0.2, -0.15) is 0 Å². The summed E-state index contributed by atoms with van der Waals surface area (Å²) in [6, 6.07) is 5.43. The lowest BCUT2D eigenvalue weighted by Crippen LogP contribution is -2.44. The highest BCUT2D eigenvalue weighted by Crippen LogP contribution is 2.21. The van der Waals surface area contributed by atoms with Gasteiger partial charge in [-0.05, 0) is 31.0 Å². The van der Waals surface area contributed by atoms with E-state index in [9.17, 15) is 5.11 Å². The van der Waals surface area contributed by atoms with Crippen molar-refractivity contribution < 1.29 is 5.11 Å². The van der Waals surface area contributed by atoms with Gasteiger partial charge in [-0.3, -0.25) is 0 Å². The molecule has 0 amide bonds. The van der Waals surface area contributed by atoms with Crippen LogP contribution in [0.3, 0.4) is 0 Å². The van der Waals surface area contributed by atoms with Gasteiger partial charge in [0.1, 0.15) is 0 Å². The molecule has 4 heteroatoms.